The zero-order valence-corrected chi connectivity index (χ0v) is 14.0. The van der Waals surface area contributed by atoms with Gasteiger partial charge in [-0.1, -0.05) is 20.8 Å². The Labute approximate surface area is 129 Å². The van der Waals surface area contributed by atoms with E-state index >= 15 is 0 Å². The van der Waals surface area contributed by atoms with Gasteiger partial charge < -0.3 is 10.1 Å². The van der Waals surface area contributed by atoms with Crippen LogP contribution >= 0.6 is 0 Å². The highest BCUT2D eigenvalue weighted by atomic mass is 16.5. The third-order valence-corrected chi connectivity index (χ3v) is 4.63. The molecule has 1 aromatic rings. The first-order valence-electron chi connectivity index (χ1n) is 8.54. The Balaban J connectivity index is 2.02. The normalized spacial score (nSPS) is 25.1. The molecule has 2 rings (SSSR count). The molecule has 0 saturated carbocycles. The molecule has 0 aliphatic carbocycles. The van der Waals surface area contributed by atoms with E-state index in [-0.39, 0.29) is 0 Å². The van der Waals surface area contributed by atoms with Crippen LogP contribution in [-0.2, 0) is 11.2 Å². The minimum atomic E-state index is 0.324. The molecular formula is C17H31N3O. The van der Waals surface area contributed by atoms with Gasteiger partial charge in [0.25, 0.3) is 0 Å². The van der Waals surface area contributed by atoms with Gasteiger partial charge in [-0.05, 0) is 44.7 Å². The molecule has 1 aromatic heterocycles. The molecular weight excluding hydrogens is 262 g/mol. The summed E-state index contributed by atoms with van der Waals surface area (Å²) in [5.74, 6) is 0.635. The fourth-order valence-electron chi connectivity index (χ4n) is 3.01. The van der Waals surface area contributed by atoms with Crippen LogP contribution < -0.4 is 5.32 Å². The molecule has 1 aliphatic heterocycles. The molecule has 0 aromatic carbocycles. The van der Waals surface area contributed by atoms with Crippen LogP contribution in [0, 0.1) is 5.92 Å². The van der Waals surface area contributed by atoms with Gasteiger partial charge in [0.1, 0.15) is 0 Å². The van der Waals surface area contributed by atoms with E-state index in [0.29, 0.717) is 24.1 Å². The Morgan fingerprint density at radius 2 is 2.29 bits per heavy atom. The number of hydrogen-bond donors (Lipinski definition) is 1. The second-order valence-corrected chi connectivity index (χ2v) is 6.41. The van der Waals surface area contributed by atoms with Gasteiger partial charge in [-0.15, -0.1) is 0 Å². The molecule has 120 valence electrons. The van der Waals surface area contributed by atoms with Gasteiger partial charge in [0.05, 0.1) is 11.8 Å². The highest BCUT2D eigenvalue weighted by molar-refractivity contribution is 5.04. The lowest BCUT2D eigenvalue weighted by molar-refractivity contribution is 0.0607. The maximum Gasteiger partial charge on any atom is 0.0758 e. The Bertz CT molecular complexity index is 418. The van der Waals surface area contributed by atoms with Crippen LogP contribution in [0.15, 0.2) is 12.3 Å². The molecule has 1 aliphatic rings. The van der Waals surface area contributed by atoms with Crippen molar-refractivity contribution in [2.75, 3.05) is 13.2 Å². The zero-order chi connectivity index (χ0) is 15.2. The van der Waals surface area contributed by atoms with Crippen LogP contribution in [-0.4, -0.2) is 35.1 Å². The number of hydrogen-bond acceptors (Lipinski definition) is 3. The van der Waals surface area contributed by atoms with Crippen molar-refractivity contribution in [3.8, 4) is 0 Å². The lowest BCUT2D eigenvalue weighted by Gasteiger charge is -2.26. The van der Waals surface area contributed by atoms with Crippen molar-refractivity contribution in [1.29, 1.82) is 0 Å². The van der Waals surface area contributed by atoms with Crippen LogP contribution in [0.3, 0.4) is 0 Å². The van der Waals surface area contributed by atoms with E-state index in [0.717, 1.165) is 32.4 Å². The van der Waals surface area contributed by atoms with E-state index in [9.17, 15) is 0 Å². The van der Waals surface area contributed by atoms with Gasteiger partial charge in [0, 0.05) is 31.3 Å². The largest absolute Gasteiger partial charge is 0.376 e. The van der Waals surface area contributed by atoms with Crippen molar-refractivity contribution in [3.63, 3.8) is 0 Å². The predicted molar refractivity (Wildman–Crippen MR) is 86.5 cm³/mol. The van der Waals surface area contributed by atoms with Crippen LogP contribution in [0.5, 0.6) is 0 Å². The SMILES string of the molecule is CCCNC(Cc1ccn(C(C)CC)n1)C1OCCC1C. The molecule has 2 heterocycles. The summed E-state index contributed by atoms with van der Waals surface area (Å²) >= 11 is 0. The Kier molecular flexibility index (Phi) is 6.24. The second-order valence-electron chi connectivity index (χ2n) is 6.41. The quantitative estimate of drug-likeness (QED) is 0.800. The van der Waals surface area contributed by atoms with Crippen LogP contribution in [0.25, 0.3) is 0 Å². The van der Waals surface area contributed by atoms with E-state index in [2.05, 4.69) is 50.0 Å². The summed E-state index contributed by atoms with van der Waals surface area (Å²) in [6.07, 6.45) is 6.83. The highest BCUT2D eigenvalue weighted by Gasteiger charge is 2.32. The number of nitrogens with zero attached hydrogens (tertiary/aromatic N) is 2. The number of nitrogens with one attached hydrogen (secondary N) is 1. The van der Waals surface area contributed by atoms with Crippen LogP contribution in [0.2, 0.25) is 0 Å². The van der Waals surface area contributed by atoms with Crippen molar-refractivity contribution in [2.45, 2.75) is 71.6 Å². The average Bonchev–Trinajstić information content (AvgIpc) is 3.11. The maximum absolute atomic E-state index is 5.97. The van der Waals surface area contributed by atoms with Crippen molar-refractivity contribution in [2.24, 2.45) is 5.92 Å². The summed E-state index contributed by atoms with van der Waals surface area (Å²) in [5.41, 5.74) is 1.17. The lowest BCUT2D eigenvalue weighted by atomic mass is 9.94. The zero-order valence-electron chi connectivity index (χ0n) is 14.0. The third-order valence-electron chi connectivity index (χ3n) is 4.63. The molecule has 4 heteroatoms. The van der Waals surface area contributed by atoms with Gasteiger partial charge in [-0.2, -0.15) is 5.10 Å². The van der Waals surface area contributed by atoms with Gasteiger partial charge in [0.2, 0.25) is 0 Å². The van der Waals surface area contributed by atoms with Gasteiger partial charge in [0.15, 0.2) is 0 Å². The molecule has 0 radical (unpaired) electrons. The molecule has 1 saturated heterocycles. The van der Waals surface area contributed by atoms with E-state index in [1.165, 1.54) is 12.1 Å². The Hall–Kier alpha value is -0.870. The third kappa shape index (κ3) is 4.30. The molecule has 4 nitrogen and oxygen atoms in total. The first-order chi connectivity index (χ1) is 10.2. The molecule has 1 fully saturated rings. The first kappa shape index (κ1) is 16.5. The summed E-state index contributed by atoms with van der Waals surface area (Å²) in [6.45, 7) is 10.9. The predicted octanol–water partition coefficient (Wildman–Crippen LogP) is 3.19. The van der Waals surface area contributed by atoms with Gasteiger partial charge >= 0.3 is 0 Å². The molecule has 0 amide bonds. The second kappa shape index (κ2) is 7.95. The fraction of sp³-hybridized carbons (Fsp3) is 0.824. The standard InChI is InChI=1S/C17H31N3O/c1-5-9-18-16(17-13(3)8-11-21-17)12-15-7-10-20(19-15)14(4)6-2/h7,10,13-14,16-18H,5-6,8-9,11-12H2,1-4H3. The topological polar surface area (TPSA) is 39.1 Å². The molecule has 4 atom stereocenters. The number of ether oxygens (including phenoxy) is 1. The average molecular weight is 293 g/mol. The monoisotopic (exact) mass is 293 g/mol. The minimum absolute atomic E-state index is 0.324. The van der Waals surface area contributed by atoms with Gasteiger partial charge in [-0.3, -0.25) is 4.68 Å². The number of aromatic nitrogens is 2. The fourth-order valence-corrected chi connectivity index (χ4v) is 3.01. The van der Waals surface area contributed by atoms with Crippen molar-refractivity contribution < 1.29 is 4.74 Å². The molecule has 0 bridgehead atoms. The van der Waals surface area contributed by atoms with Crippen molar-refractivity contribution >= 4 is 0 Å². The molecule has 0 spiro atoms. The minimum Gasteiger partial charge on any atom is -0.376 e. The summed E-state index contributed by atoms with van der Waals surface area (Å²) in [5, 5.41) is 8.41. The number of rotatable bonds is 8. The highest BCUT2D eigenvalue weighted by Crippen LogP contribution is 2.24. The van der Waals surface area contributed by atoms with E-state index in [1.54, 1.807) is 0 Å². The lowest BCUT2D eigenvalue weighted by Crippen LogP contribution is -2.44. The maximum atomic E-state index is 5.97. The Morgan fingerprint density at radius 3 is 2.90 bits per heavy atom. The summed E-state index contributed by atoms with van der Waals surface area (Å²) in [7, 11) is 0. The summed E-state index contributed by atoms with van der Waals surface area (Å²) in [4.78, 5) is 0. The van der Waals surface area contributed by atoms with E-state index in [4.69, 9.17) is 9.84 Å². The Morgan fingerprint density at radius 1 is 1.48 bits per heavy atom. The van der Waals surface area contributed by atoms with Crippen LogP contribution in [0.4, 0.5) is 0 Å². The first-order valence-corrected chi connectivity index (χ1v) is 8.54. The molecule has 21 heavy (non-hydrogen) atoms. The molecule has 4 unspecified atom stereocenters. The summed E-state index contributed by atoms with van der Waals surface area (Å²) in [6, 6.07) is 3.01. The van der Waals surface area contributed by atoms with Crippen molar-refractivity contribution in [1.82, 2.24) is 15.1 Å². The van der Waals surface area contributed by atoms with E-state index in [1.807, 2.05) is 0 Å². The summed E-state index contributed by atoms with van der Waals surface area (Å²) < 4.78 is 8.06. The van der Waals surface area contributed by atoms with Gasteiger partial charge in [-0.25, -0.2) is 0 Å². The van der Waals surface area contributed by atoms with E-state index < -0.39 is 0 Å². The van der Waals surface area contributed by atoms with Crippen molar-refractivity contribution in [3.05, 3.63) is 18.0 Å². The smallest absolute Gasteiger partial charge is 0.0758 e. The molecule has 1 N–H and O–H groups in total. The van der Waals surface area contributed by atoms with Crippen LogP contribution in [0.1, 0.15) is 58.7 Å².